The van der Waals surface area contributed by atoms with E-state index in [4.69, 9.17) is 4.74 Å². The maximum absolute atomic E-state index is 12.2. The molecule has 108 valence electrons. The average molecular weight is 275 g/mol. The summed E-state index contributed by atoms with van der Waals surface area (Å²) in [5.74, 6) is 0.508. The van der Waals surface area contributed by atoms with Gasteiger partial charge in [0.25, 0.3) is 0 Å². The van der Waals surface area contributed by atoms with Gasteiger partial charge in [-0.2, -0.15) is 0 Å². The standard InChI is InChI=1S/C15H21N3O2/c19-15(17-8-11-4-3-7-20-10-11)14-9-16-12-5-1-2-6-13(12)18-14/h1-2,5-6,11,14,16,18H,3-4,7-10H2,(H,17,19). The quantitative estimate of drug-likeness (QED) is 0.781. The van der Waals surface area contributed by atoms with Gasteiger partial charge in [0.15, 0.2) is 0 Å². The number of carbonyl (C=O) groups is 1. The van der Waals surface area contributed by atoms with Gasteiger partial charge in [-0.15, -0.1) is 0 Å². The van der Waals surface area contributed by atoms with Crippen LogP contribution in [0.5, 0.6) is 0 Å². The molecular formula is C15H21N3O2. The minimum absolute atomic E-state index is 0.0533. The molecule has 1 amide bonds. The first-order valence-electron chi connectivity index (χ1n) is 7.28. The van der Waals surface area contributed by atoms with Crippen molar-refractivity contribution < 1.29 is 9.53 Å². The number of rotatable bonds is 3. The fraction of sp³-hybridized carbons (Fsp3) is 0.533. The van der Waals surface area contributed by atoms with Crippen LogP contribution in [0.25, 0.3) is 0 Å². The SMILES string of the molecule is O=C(NCC1CCCOC1)C1CNc2ccccc2N1. The molecule has 2 aliphatic rings. The summed E-state index contributed by atoms with van der Waals surface area (Å²) in [5, 5.41) is 9.59. The predicted molar refractivity (Wildman–Crippen MR) is 78.9 cm³/mol. The van der Waals surface area contributed by atoms with Gasteiger partial charge in [0.1, 0.15) is 6.04 Å². The number of nitrogens with one attached hydrogen (secondary N) is 3. The molecule has 0 aliphatic carbocycles. The van der Waals surface area contributed by atoms with E-state index < -0.39 is 0 Å². The summed E-state index contributed by atoms with van der Waals surface area (Å²) >= 11 is 0. The highest BCUT2D eigenvalue weighted by Gasteiger charge is 2.24. The van der Waals surface area contributed by atoms with Gasteiger partial charge < -0.3 is 20.7 Å². The van der Waals surface area contributed by atoms with Crippen LogP contribution in [0, 0.1) is 5.92 Å². The van der Waals surface area contributed by atoms with Crippen LogP contribution in [0.4, 0.5) is 11.4 Å². The molecule has 2 unspecified atom stereocenters. The Balaban J connectivity index is 1.51. The number of carbonyl (C=O) groups excluding carboxylic acids is 1. The topological polar surface area (TPSA) is 62.4 Å². The molecule has 1 aromatic carbocycles. The van der Waals surface area contributed by atoms with Crippen LogP contribution in [0.15, 0.2) is 24.3 Å². The van der Waals surface area contributed by atoms with Crippen molar-refractivity contribution in [2.45, 2.75) is 18.9 Å². The fourth-order valence-corrected chi connectivity index (χ4v) is 2.71. The summed E-state index contributed by atoms with van der Waals surface area (Å²) in [7, 11) is 0. The van der Waals surface area contributed by atoms with E-state index in [9.17, 15) is 4.79 Å². The summed E-state index contributed by atoms with van der Waals surface area (Å²) in [6.45, 7) is 2.94. The third-order valence-corrected chi connectivity index (χ3v) is 3.89. The normalized spacial score (nSPS) is 25.0. The highest BCUT2D eigenvalue weighted by Crippen LogP contribution is 2.25. The highest BCUT2D eigenvalue weighted by atomic mass is 16.5. The second-order valence-corrected chi connectivity index (χ2v) is 5.45. The van der Waals surface area contributed by atoms with Gasteiger partial charge in [-0.3, -0.25) is 4.79 Å². The maximum atomic E-state index is 12.2. The van der Waals surface area contributed by atoms with E-state index in [-0.39, 0.29) is 11.9 Å². The lowest BCUT2D eigenvalue weighted by atomic mass is 10.0. The van der Waals surface area contributed by atoms with Crippen LogP contribution in [0.2, 0.25) is 0 Å². The molecule has 1 saturated heterocycles. The van der Waals surface area contributed by atoms with Crippen LogP contribution in [0.3, 0.4) is 0 Å². The Morgan fingerprint density at radius 2 is 2.20 bits per heavy atom. The maximum Gasteiger partial charge on any atom is 0.244 e. The van der Waals surface area contributed by atoms with E-state index in [0.29, 0.717) is 19.0 Å². The third kappa shape index (κ3) is 3.04. The Bertz CT molecular complexity index is 472. The number of hydrogen-bond acceptors (Lipinski definition) is 4. The van der Waals surface area contributed by atoms with Crippen molar-refractivity contribution in [2.75, 3.05) is 36.9 Å². The molecule has 5 nitrogen and oxygen atoms in total. The zero-order valence-electron chi connectivity index (χ0n) is 11.5. The van der Waals surface area contributed by atoms with E-state index in [2.05, 4.69) is 16.0 Å². The van der Waals surface area contributed by atoms with Crippen molar-refractivity contribution in [1.29, 1.82) is 0 Å². The molecule has 0 bridgehead atoms. The number of anilines is 2. The van der Waals surface area contributed by atoms with Crippen LogP contribution < -0.4 is 16.0 Å². The number of amides is 1. The molecule has 3 N–H and O–H groups in total. The lowest BCUT2D eigenvalue weighted by Crippen LogP contribution is -2.47. The van der Waals surface area contributed by atoms with Crippen molar-refractivity contribution in [1.82, 2.24) is 5.32 Å². The number of hydrogen-bond donors (Lipinski definition) is 3. The van der Waals surface area contributed by atoms with E-state index in [1.807, 2.05) is 24.3 Å². The smallest absolute Gasteiger partial charge is 0.244 e. The van der Waals surface area contributed by atoms with E-state index >= 15 is 0 Å². The van der Waals surface area contributed by atoms with Crippen molar-refractivity contribution in [2.24, 2.45) is 5.92 Å². The summed E-state index contributed by atoms with van der Waals surface area (Å²) in [4.78, 5) is 12.2. The first kappa shape index (κ1) is 13.2. The molecule has 0 saturated carbocycles. The first-order valence-corrected chi connectivity index (χ1v) is 7.28. The predicted octanol–water partition coefficient (Wildman–Crippen LogP) is 1.44. The Morgan fingerprint density at radius 3 is 3.00 bits per heavy atom. The Labute approximate surface area is 119 Å². The molecule has 0 spiro atoms. The second-order valence-electron chi connectivity index (χ2n) is 5.45. The molecular weight excluding hydrogens is 254 g/mol. The minimum atomic E-state index is -0.214. The summed E-state index contributed by atoms with van der Waals surface area (Å²) in [6, 6.07) is 7.73. The molecule has 1 fully saturated rings. The minimum Gasteiger partial charge on any atom is -0.381 e. The Morgan fingerprint density at radius 1 is 1.35 bits per heavy atom. The van der Waals surface area contributed by atoms with Crippen LogP contribution in [-0.2, 0) is 9.53 Å². The monoisotopic (exact) mass is 275 g/mol. The number of para-hydroxylation sites is 2. The average Bonchev–Trinajstić information content (AvgIpc) is 2.53. The molecule has 3 rings (SSSR count). The third-order valence-electron chi connectivity index (χ3n) is 3.89. The lowest BCUT2D eigenvalue weighted by Gasteiger charge is -2.28. The van der Waals surface area contributed by atoms with Gasteiger partial charge in [-0.05, 0) is 30.9 Å². The first-order chi connectivity index (χ1) is 9.83. The second kappa shape index (κ2) is 6.13. The van der Waals surface area contributed by atoms with Crippen LogP contribution in [0.1, 0.15) is 12.8 Å². The molecule has 0 aromatic heterocycles. The molecule has 2 atom stereocenters. The van der Waals surface area contributed by atoms with Gasteiger partial charge in [0.05, 0.1) is 18.0 Å². The van der Waals surface area contributed by atoms with Crippen molar-refractivity contribution >= 4 is 17.3 Å². The Kier molecular flexibility index (Phi) is 4.06. The van der Waals surface area contributed by atoms with Crippen LogP contribution >= 0.6 is 0 Å². The van der Waals surface area contributed by atoms with E-state index in [1.165, 1.54) is 0 Å². The fourth-order valence-electron chi connectivity index (χ4n) is 2.71. The number of ether oxygens (including phenoxy) is 1. The van der Waals surface area contributed by atoms with Crippen LogP contribution in [-0.4, -0.2) is 38.3 Å². The summed E-state index contributed by atoms with van der Waals surface area (Å²) in [5.41, 5.74) is 2.04. The summed E-state index contributed by atoms with van der Waals surface area (Å²) < 4.78 is 5.43. The zero-order chi connectivity index (χ0) is 13.8. The van der Waals surface area contributed by atoms with E-state index in [1.54, 1.807) is 0 Å². The number of benzene rings is 1. The molecule has 0 radical (unpaired) electrons. The van der Waals surface area contributed by atoms with Gasteiger partial charge in [-0.25, -0.2) is 0 Å². The summed E-state index contributed by atoms with van der Waals surface area (Å²) in [6.07, 6.45) is 2.23. The zero-order valence-corrected chi connectivity index (χ0v) is 11.5. The molecule has 2 heterocycles. The van der Waals surface area contributed by atoms with Gasteiger partial charge in [0, 0.05) is 19.7 Å². The number of fused-ring (bicyclic) bond motifs is 1. The molecule has 2 aliphatic heterocycles. The molecule has 1 aromatic rings. The van der Waals surface area contributed by atoms with Crippen molar-refractivity contribution in [3.05, 3.63) is 24.3 Å². The molecule has 5 heteroatoms. The van der Waals surface area contributed by atoms with Gasteiger partial charge in [0.2, 0.25) is 5.91 Å². The lowest BCUT2D eigenvalue weighted by molar-refractivity contribution is -0.122. The molecule has 20 heavy (non-hydrogen) atoms. The Hall–Kier alpha value is -1.75. The van der Waals surface area contributed by atoms with Gasteiger partial charge in [-0.1, -0.05) is 12.1 Å². The van der Waals surface area contributed by atoms with Crippen molar-refractivity contribution in [3.63, 3.8) is 0 Å². The van der Waals surface area contributed by atoms with Crippen molar-refractivity contribution in [3.8, 4) is 0 Å². The highest BCUT2D eigenvalue weighted by molar-refractivity contribution is 5.88. The largest absolute Gasteiger partial charge is 0.381 e. The van der Waals surface area contributed by atoms with E-state index in [0.717, 1.165) is 37.4 Å². The van der Waals surface area contributed by atoms with Gasteiger partial charge >= 0.3 is 0 Å².